The van der Waals surface area contributed by atoms with Gasteiger partial charge in [-0.05, 0) is 31.6 Å². The summed E-state index contributed by atoms with van der Waals surface area (Å²) in [5, 5.41) is 9.26. The highest BCUT2D eigenvalue weighted by Gasteiger charge is 2.36. The zero-order chi connectivity index (χ0) is 11.5. The highest BCUT2D eigenvalue weighted by atomic mass is 32.2. The molecule has 3 nitrogen and oxygen atoms in total. The maximum atomic E-state index is 11.9. The first kappa shape index (κ1) is 13.0. The fraction of sp³-hybridized carbons (Fsp3) is 1.00. The molecule has 4 heteroatoms. The molecule has 0 heterocycles. The summed E-state index contributed by atoms with van der Waals surface area (Å²) in [6.45, 7) is 3.78. The third kappa shape index (κ3) is 3.18. The van der Waals surface area contributed by atoms with Gasteiger partial charge in [-0.25, -0.2) is 8.42 Å². The van der Waals surface area contributed by atoms with Crippen LogP contribution >= 0.6 is 0 Å². The predicted molar refractivity (Wildman–Crippen MR) is 61.5 cm³/mol. The average molecular weight is 234 g/mol. The Hall–Kier alpha value is -0.0900. The van der Waals surface area contributed by atoms with Crippen LogP contribution in [-0.4, -0.2) is 30.6 Å². The predicted octanol–water partition coefficient (Wildman–Crippen LogP) is 1.75. The van der Waals surface area contributed by atoms with Crippen LogP contribution < -0.4 is 0 Å². The van der Waals surface area contributed by atoms with Gasteiger partial charge in [0.25, 0.3) is 0 Å². The topological polar surface area (TPSA) is 54.4 Å². The molecule has 3 atom stereocenters. The van der Waals surface area contributed by atoms with E-state index in [2.05, 4.69) is 6.92 Å². The number of aliphatic hydroxyl groups is 1. The van der Waals surface area contributed by atoms with Crippen molar-refractivity contribution < 1.29 is 13.5 Å². The van der Waals surface area contributed by atoms with Crippen molar-refractivity contribution in [3.63, 3.8) is 0 Å². The van der Waals surface area contributed by atoms with Gasteiger partial charge in [-0.2, -0.15) is 0 Å². The average Bonchev–Trinajstić information content (AvgIpc) is 2.21. The first-order chi connectivity index (χ1) is 7.01. The molecule has 3 unspecified atom stereocenters. The summed E-state index contributed by atoms with van der Waals surface area (Å²) in [7, 11) is -2.99. The molecule has 0 saturated heterocycles. The van der Waals surface area contributed by atoms with Crippen LogP contribution in [0.15, 0.2) is 0 Å². The third-order valence-electron chi connectivity index (χ3n) is 3.42. The van der Waals surface area contributed by atoms with Gasteiger partial charge in [-0.15, -0.1) is 0 Å². The van der Waals surface area contributed by atoms with Crippen molar-refractivity contribution in [2.45, 2.75) is 57.3 Å². The summed E-state index contributed by atoms with van der Waals surface area (Å²) >= 11 is 0. The Morgan fingerprint density at radius 3 is 2.47 bits per heavy atom. The fourth-order valence-electron chi connectivity index (χ4n) is 2.53. The molecule has 0 aromatic rings. The van der Waals surface area contributed by atoms with Crippen LogP contribution in [0.2, 0.25) is 0 Å². The minimum atomic E-state index is -2.99. The van der Waals surface area contributed by atoms with E-state index in [1.807, 2.05) is 0 Å². The zero-order valence-electron chi connectivity index (χ0n) is 9.65. The lowest BCUT2D eigenvalue weighted by Crippen LogP contribution is -2.38. The summed E-state index contributed by atoms with van der Waals surface area (Å²) in [6, 6.07) is 0. The molecule has 1 fully saturated rings. The number of hydrogen-bond acceptors (Lipinski definition) is 3. The number of aliphatic hydroxyl groups excluding tert-OH is 1. The molecule has 1 rings (SSSR count). The Morgan fingerprint density at radius 2 is 1.93 bits per heavy atom. The molecular weight excluding hydrogens is 212 g/mol. The molecule has 0 aromatic heterocycles. The summed E-state index contributed by atoms with van der Waals surface area (Å²) in [5.41, 5.74) is 0. The molecule has 0 spiro atoms. The first-order valence-electron chi connectivity index (χ1n) is 5.90. The molecule has 0 amide bonds. The Morgan fingerprint density at radius 1 is 1.27 bits per heavy atom. The van der Waals surface area contributed by atoms with Crippen LogP contribution in [0.5, 0.6) is 0 Å². The monoisotopic (exact) mass is 234 g/mol. The van der Waals surface area contributed by atoms with Crippen LogP contribution in [-0.2, 0) is 9.84 Å². The van der Waals surface area contributed by atoms with Crippen LogP contribution in [0.25, 0.3) is 0 Å². The van der Waals surface area contributed by atoms with Crippen molar-refractivity contribution in [3.8, 4) is 0 Å². The SMILES string of the molecule is CCCC1CCC(O)CC1S(=O)(=O)CC. The lowest BCUT2D eigenvalue weighted by atomic mass is 9.84. The minimum Gasteiger partial charge on any atom is -0.393 e. The molecular formula is C11H22O3S. The second-order valence-electron chi connectivity index (χ2n) is 4.51. The van der Waals surface area contributed by atoms with Crippen LogP contribution in [0.3, 0.4) is 0 Å². The maximum Gasteiger partial charge on any atom is 0.153 e. The van der Waals surface area contributed by atoms with Gasteiger partial charge >= 0.3 is 0 Å². The lowest BCUT2D eigenvalue weighted by Gasteiger charge is -2.33. The van der Waals surface area contributed by atoms with Gasteiger partial charge < -0.3 is 5.11 Å². The third-order valence-corrected chi connectivity index (χ3v) is 5.73. The van der Waals surface area contributed by atoms with Gasteiger partial charge in [-0.1, -0.05) is 20.3 Å². The highest BCUT2D eigenvalue weighted by Crippen LogP contribution is 2.33. The Bertz CT molecular complexity index is 284. The van der Waals surface area contributed by atoms with E-state index < -0.39 is 15.9 Å². The Balaban J connectivity index is 2.79. The number of hydrogen-bond donors (Lipinski definition) is 1. The molecule has 1 aliphatic carbocycles. The van der Waals surface area contributed by atoms with Gasteiger partial charge in [0.05, 0.1) is 11.4 Å². The van der Waals surface area contributed by atoms with E-state index in [9.17, 15) is 13.5 Å². The van der Waals surface area contributed by atoms with Gasteiger partial charge in [0.2, 0.25) is 0 Å². The Kier molecular flexibility index (Phi) is 4.59. The molecule has 0 aliphatic heterocycles. The van der Waals surface area contributed by atoms with Crippen molar-refractivity contribution in [2.75, 3.05) is 5.75 Å². The number of sulfone groups is 1. The standard InChI is InChI=1S/C11H22O3S/c1-3-5-9-6-7-10(12)8-11(9)15(13,14)4-2/h9-12H,3-8H2,1-2H3. The lowest BCUT2D eigenvalue weighted by molar-refractivity contribution is 0.108. The molecule has 0 bridgehead atoms. The molecule has 0 aromatic carbocycles. The largest absolute Gasteiger partial charge is 0.393 e. The normalized spacial score (nSPS) is 32.9. The van der Waals surface area contributed by atoms with Crippen molar-refractivity contribution in [1.82, 2.24) is 0 Å². The van der Waals surface area contributed by atoms with Gasteiger partial charge in [0.15, 0.2) is 9.84 Å². The van der Waals surface area contributed by atoms with E-state index in [-0.39, 0.29) is 16.9 Å². The summed E-state index contributed by atoms with van der Waals surface area (Å²) in [4.78, 5) is 0. The molecule has 90 valence electrons. The molecule has 0 radical (unpaired) electrons. The van der Waals surface area contributed by atoms with Crippen LogP contribution in [0.4, 0.5) is 0 Å². The number of rotatable bonds is 4. The van der Waals surface area contributed by atoms with Crippen LogP contribution in [0.1, 0.15) is 46.0 Å². The second-order valence-corrected chi connectivity index (χ2v) is 7.01. The maximum absolute atomic E-state index is 11.9. The van der Waals surface area contributed by atoms with Gasteiger partial charge in [-0.3, -0.25) is 0 Å². The zero-order valence-corrected chi connectivity index (χ0v) is 10.5. The molecule has 1 N–H and O–H groups in total. The molecule has 1 aliphatic rings. The van der Waals surface area contributed by atoms with E-state index >= 15 is 0 Å². The fourth-order valence-corrected chi connectivity index (χ4v) is 4.33. The smallest absolute Gasteiger partial charge is 0.153 e. The quantitative estimate of drug-likeness (QED) is 0.806. The summed E-state index contributed by atoms with van der Waals surface area (Å²) in [6.07, 6.45) is 3.65. The van der Waals surface area contributed by atoms with E-state index in [1.165, 1.54) is 0 Å². The first-order valence-corrected chi connectivity index (χ1v) is 7.62. The highest BCUT2D eigenvalue weighted by molar-refractivity contribution is 7.92. The van der Waals surface area contributed by atoms with E-state index in [0.717, 1.165) is 25.7 Å². The Labute approximate surface area is 92.8 Å². The van der Waals surface area contributed by atoms with Gasteiger partial charge in [0, 0.05) is 5.75 Å². The van der Waals surface area contributed by atoms with E-state index in [1.54, 1.807) is 6.92 Å². The van der Waals surface area contributed by atoms with E-state index in [0.29, 0.717) is 6.42 Å². The minimum absolute atomic E-state index is 0.199. The van der Waals surface area contributed by atoms with Crippen LogP contribution in [0, 0.1) is 5.92 Å². The van der Waals surface area contributed by atoms with Crippen molar-refractivity contribution in [3.05, 3.63) is 0 Å². The summed E-state index contributed by atoms with van der Waals surface area (Å²) in [5.74, 6) is 0.466. The van der Waals surface area contributed by atoms with Crippen molar-refractivity contribution >= 4 is 9.84 Å². The van der Waals surface area contributed by atoms with E-state index in [4.69, 9.17) is 0 Å². The second kappa shape index (κ2) is 5.30. The summed E-state index contributed by atoms with van der Waals surface area (Å²) < 4.78 is 23.7. The van der Waals surface area contributed by atoms with Gasteiger partial charge in [0.1, 0.15) is 0 Å². The van der Waals surface area contributed by atoms with Crippen molar-refractivity contribution in [2.24, 2.45) is 5.92 Å². The van der Waals surface area contributed by atoms with Crippen molar-refractivity contribution in [1.29, 1.82) is 0 Å². The molecule has 1 saturated carbocycles. The molecule has 15 heavy (non-hydrogen) atoms.